The van der Waals surface area contributed by atoms with Crippen molar-refractivity contribution in [2.75, 3.05) is 0 Å². The van der Waals surface area contributed by atoms with Crippen molar-refractivity contribution in [3.63, 3.8) is 0 Å². The van der Waals surface area contributed by atoms with E-state index in [0.29, 0.717) is 6.26 Å². The molecule has 8 heteroatoms. The molecule has 0 fully saturated rings. The van der Waals surface area contributed by atoms with Crippen molar-refractivity contribution in [3.05, 3.63) is 48.4 Å². The molecule has 100 valence electrons. The van der Waals surface area contributed by atoms with Crippen molar-refractivity contribution in [1.29, 1.82) is 0 Å². The second-order valence-electron chi connectivity index (χ2n) is 3.06. The zero-order chi connectivity index (χ0) is 13.6. The van der Waals surface area contributed by atoms with Crippen molar-refractivity contribution >= 4 is 10.1 Å². The van der Waals surface area contributed by atoms with E-state index in [-0.39, 0.29) is 6.61 Å². The average molecular weight is 282 g/mol. The number of alkyl halides is 3. The first-order chi connectivity index (χ1) is 8.33. The summed E-state index contributed by atoms with van der Waals surface area (Å²) in [5, 5.41) is 0. The lowest BCUT2D eigenvalue weighted by Gasteiger charge is -2.05. The van der Waals surface area contributed by atoms with Crippen LogP contribution < -0.4 is 0 Å². The van der Waals surface area contributed by atoms with Crippen molar-refractivity contribution < 1.29 is 30.5 Å². The van der Waals surface area contributed by atoms with Crippen molar-refractivity contribution in [2.45, 2.75) is 12.1 Å². The molecule has 18 heavy (non-hydrogen) atoms. The molecule has 4 nitrogen and oxygen atoms in total. The Morgan fingerprint density at radius 1 is 1.11 bits per heavy atom. The quantitative estimate of drug-likeness (QED) is 0.473. The molecule has 0 amide bonds. The van der Waals surface area contributed by atoms with Crippen LogP contribution in [0.25, 0.3) is 0 Å². The maximum absolute atomic E-state index is 11.8. The highest BCUT2D eigenvalue weighted by Crippen LogP contribution is 2.24. The molecule has 1 aromatic carbocycles. The van der Waals surface area contributed by atoms with Crippen LogP contribution in [0.3, 0.4) is 0 Å². The minimum atomic E-state index is -5.61. The standard InChI is InChI=1S/C10H9F3O4S/c11-10(12,13)18(14,15)17-7-6-16-8-9-4-2-1-3-5-9/h1-7H,8H2/b7-6-. The molecular formula is C10H9F3O4S. The predicted octanol–water partition coefficient (Wildman–Crippen LogP) is 2.54. The van der Waals surface area contributed by atoms with Gasteiger partial charge in [0.25, 0.3) is 0 Å². The molecule has 0 atom stereocenters. The molecule has 0 unspecified atom stereocenters. The molecule has 0 radical (unpaired) electrons. The Bertz CT molecular complexity index is 494. The third kappa shape index (κ3) is 4.28. The van der Waals surface area contributed by atoms with Crippen LogP contribution in [-0.4, -0.2) is 13.9 Å². The third-order valence-electron chi connectivity index (χ3n) is 1.71. The molecule has 1 aromatic rings. The number of hydrogen-bond donors (Lipinski definition) is 0. The molecule has 0 aliphatic carbocycles. The Morgan fingerprint density at radius 2 is 1.72 bits per heavy atom. The van der Waals surface area contributed by atoms with Gasteiger partial charge in [-0.05, 0) is 5.56 Å². The summed E-state index contributed by atoms with van der Waals surface area (Å²) in [6.07, 6.45) is 1.06. The normalized spacial score (nSPS) is 12.6. The van der Waals surface area contributed by atoms with Crippen LogP contribution >= 0.6 is 0 Å². The summed E-state index contributed by atoms with van der Waals surface area (Å²) in [5.74, 6) is 0. The van der Waals surface area contributed by atoms with E-state index >= 15 is 0 Å². The van der Waals surface area contributed by atoms with E-state index in [1.54, 1.807) is 30.3 Å². The molecule has 0 aromatic heterocycles. The minimum Gasteiger partial charge on any atom is -0.493 e. The number of ether oxygens (including phenoxy) is 1. The van der Waals surface area contributed by atoms with Crippen molar-refractivity contribution in [2.24, 2.45) is 0 Å². The molecular weight excluding hydrogens is 273 g/mol. The number of benzene rings is 1. The molecule has 0 heterocycles. The maximum atomic E-state index is 11.8. The van der Waals surface area contributed by atoms with Crippen molar-refractivity contribution in [1.82, 2.24) is 0 Å². The van der Waals surface area contributed by atoms with E-state index in [1.807, 2.05) is 0 Å². The zero-order valence-electron chi connectivity index (χ0n) is 8.92. The molecule has 0 bridgehead atoms. The van der Waals surface area contributed by atoms with Crippen molar-refractivity contribution in [3.8, 4) is 0 Å². The van der Waals surface area contributed by atoms with E-state index in [9.17, 15) is 21.6 Å². The van der Waals surface area contributed by atoms with Crippen LogP contribution in [0.15, 0.2) is 42.9 Å². The van der Waals surface area contributed by atoms with Gasteiger partial charge in [-0.2, -0.15) is 21.6 Å². The van der Waals surface area contributed by atoms with E-state index in [1.165, 1.54) is 0 Å². The molecule has 0 N–H and O–H groups in total. The van der Waals surface area contributed by atoms with E-state index in [4.69, 9.17) is 4.74 Å². The Morgan fingerprint density at radius 3 is 2.28 bits per heavy atom. The Kier molecular flexibility index (Phi) is 4.60. The first kappa shape index (κ1) is 14.4. The number of rotatable bonds is 5. The third-order valence-corrected chi connectivity index (χ3v) is 2.64. The second kappa shape index (κ2) is 5.76. The molecule has 0 aliphatic heterocycles. The topological polar surface area (TPSA) is 52.6 Å². The van der Waals surface area contributed by atoms with Gasteiger partial charge in [0.2, 0.25) is 0 Å². The Hall–Kier alpha value is -1.70. The van der Waals surface area contributed by atoms with Gasteiger partial charge in [-0.15, -0.1) is 0 Å². The monoisotopic (exact) mass is 282 g/mol. The van der Waals surface area contributed by atoms with Crippen LogP contribution in [0.5, 0.6) is 0 Å². The fourth-order valence-corrected chi connectivity index (χ4v) is 1.21. The lowest BCUT2D eigenvalue weighted by Crippen LogP contribution is -2.23. The molecule has 0 aliphatic rings. The summed E-state index contributed by atoms with van der Waals surface area (Å²) in [6, 6.07) is 8.78. The molecule has 0 saturated heterocycles. The van der Waals surface area contributed by atoms with Gasteiger partial charge >= 0.3 is 15.6 Å². The average Bonchev–Trinajstić information content (AvgIpc) is 2.28. The highest BCUT2D eigenvalue weighted by molar-refractivity contribution is 7.87. The molecule has 0 saturated carbocycles. The van der Waals surface area contributed by atoms with Gasteiger partial charge in [0.05, 0.1) is 0 Å². The lowest BCUT2D eigenvalue weighted by molar-refractivity contribution is -0.0516. The van der Waals surface area contributed by atoms with Gasteiger partial charge in [-0.1, -0.05) is 30.3 Å². The van der Waals surface area contributed by atoms with Gasteiger partial charge in [0, 0.05) is 0 Å². The predicted molar refractivity (Wildman–Crippen MR) is 56.4 cm³/mol. The van der Waals surface area contributed by atoms with Crippen LogP contribution in [0.2, 0.25) is 0 Å². The van der Waals surface area contributed by atoms with Crippen LogP contribution in [0.1, 0.15) is 5.56 Å². The van der Waals surface area contributed by atoms with Crippen LogP contribution in [0.4, 0.5) is 13.2 Å². The summed E-state index contributed by atoms with van der Waals surface area (Å²) < 4.78 is 64.7. The van der Waals surface area contributed by atoms with Gasteiger partial charge < -0.3 is 8.92 Å². The highest BCUT2D eigenvalue weighted by Gasteiger charge is 2.47. The largest absolute Gasteiger partial charge is 0.534 e. The smallest absolute Gasteiger partial charge is 0.493 e. The first-order valence-corrected chi connectivity index (χ1v) is 6.04. The van der Waals surface area contributed by atoms with Gasteiger partial charge in [0.1, 0.15) is 19.1 Å². The molecule has 0 spiro atoms. The van der Waals surface area contributed by atoms with Gasteiger partial charge in [0.15, 0.2) is 0 Å². The SMILES string of the molecule is O=S(=O)(O/C=C\OCc1ccccc1)C(F)(F)F. The Balaban J connectivity index is 2.40. The fraction of sp³-hybridized carbons (Fsp3) is 0.200. The molecule has 1 rings (SSSR count). The minimum absolute atomic E-state index is 0.0900. The Labute approximate surface area is 102 Å². The van der Waals surface area contributed by atoms with Gasteiger partial charge in [-0.25, -0.2) is 0 Å². The van der Waals surface area contributed by atoms with E-state index in [2.05, 4.69) is 4.18 Å². The summed E-state index contributed by atoms with van der Waals surface area (Å²) in [6.45, 7) is 0.0900. The number of hydrogen-bond acceptors (Lipinski definition) is 4. The fourth-order valence-electron chi connectivity index (χ4n) is 0.908. The highest BCUT2D eigenvalue weighted by atomic mass is 32.2. The summed E-state index contributed by atoms with van der Waals surface area (Å²) >= 11 is 0. The first-order valence-electron chi connectivity index (χ1n) is 4.63. The van der Waals surface area contributed by atoms with Gasteiger partial charge in [-0.3, -0.25) is 0 Å². The lowest BCUT2D eigenvalue weighted by atomic mass is 10.2. The summed E-state index contributed by atoms with van der Waals surface area (Å²) in [4.78, 5) is 0. The van der Waals surface area contributed by atoms with E-state index in [0.717, 1.165) is 11.8 Å². The second-order valence-corrected chi connectivity index (χ2v) is 4.63. The van der Waals surface area contributed by atoms with E-state index < -0.39 is 15.6 Å². The zero-order valence-corrected chi connectivity index (χ0v) is 9.74. The summed E-state index contributed by atoms with van der Waals surface area (Å²) in [7, 11) is -5.61. The summed E-state index contributed by atoms with van der Waals surface area (Å²) in [5.41, 5.74) is -4.67. The number of halogens is 3. The maximum Gasteiger partial charge on any atom is 0.534 e. The van der Waals surface area contributed by atoms with Crippen LogP contribution in [0, 0.1) is 0 Å². The van der Waals surface area contributed by atoms with Crippen LogP contribution in [-0.2, 0) is 25.6 Å².